The second-order valence-corrected chi connectivity index (χ2v) is 12.7. The zero-order chi connectivity index (χ0) is 34.6. The van der Waals surface area contributed by atoms with Crippen molar-refractivity contribution in [3.8, 4) is 11.6 Å². The Kier molecular flexibility index (Phi) is 10.2. The molecule has 2 atom stereocenters. The number of piperazine rings is 1. The van der Waals surface area contributed by atoms with E-state index in [4.69, 9.17) is 4.74 Å². The van der Waals surface area contributed by atoms with Crippen LogP contribution in [0.2, 0.25) is 0 Å². The second-order valence-electron chi connectivity index (χ2n) is 12.7. The van der Waals surface area contributed by atoms with E-state index in [0.29, 0.717) is 25.1 Å². The molecule has 2 aliphatic heterocycles. The van der Waals surface area contributed by atoms with Gasteiger partial charge in [-0.15, -0.1) is 0 Å². The zero-order valence-electron chi connectivity index (χ0n) is 27.0. The number of likely N-dealkylation sites (tertiary alicyclic amines) is 1. The summed E-state index contributed by atoms with van der Waals surface area (Å²) in [5.74, 6) is -2.98. The van der Waals surface area contributed by atoms with Crippen LogP contribution in [-0.4, -0.2) is 127 Å². The zero-order valence-corrected chi connectivity index (χ0v) is 27.0. The van der Waals surface area contributed by atoms with Crippen LogP contribution < -0.4 is 15.4 Å². The maximum atomic E-state index is 13.8. The Bertz CT molecular complexity index is 1550. The first-order chi connectivity index (χ1) is 22.8. The molecule has 4 N–H and O–H groups in total. The molecule has 0 unspecified atom stereocenters. The van der Waals surface area contributed by atoms with Crippen molar-refractivity contribution in [2.45, 2.75) is 76.1 Å². The van der Waals surface area contributed by atoms with Crippen molar-refractivity contribution in [2.75, 3.05) is 32.7 Å². The quantitative estimate of drug-likeness (QED) is 0.254. The van der Waals surface area contributed by atoms with Gasteiger partial charge < -0.3 is 40.3 Å². The molecule has 258 valence electrons. The molecule has 2 saturated heterocycles. The van der Waals surface area contributed by atoms with Gasteiger partial charge in [0.2, 0.25) is 17.7 Å². The van der Waals surface area contributed by atoms with E-state index in [1.807, 2.05) is 0 Å². The number of carboxylic acids is 1. The molecule has 48 heavy (non-hydrogen) atoms. The lowest BCUT2D eigenvalue weighted by atomic mass is 10.1. The van der Waals surface area contributed by atoms with Gasteiger partial charge in [0.25, 0.3) is 11.8 Å². The van der Waals surface area contributed by atoms with Gasteiger partial charge in [-0.1, -0.05) is 18.2 Å². The highest BCUT2D eigenvalue weighted by molar-refractivity contribution is 5.97. The van der Waals surface area contributed by atoms with Crippen LogP contribution in [0.1, 0.15) is 62.9 Å². The third-order valence-corrected chi connectivity index (χ3v) is 8.64. The van der Waals surface area contributed by atoms with Crippen LogP contribution in [0.5, 0.6) is 5.88 Å². The number of carbonyl (C=O) groups excluding carboxylic acids is 4. The van der Waals surface area contributed by atoms with Crippen LogP contribution in [0, 0.1) is 0 Å². The van der Waals surface area contributed by atoms with E-state index >= 15 is 0 Å². The Hall–Kier alpha value is -5.15. The first kappa shape index (κ1) is 34.2. The first-order valence-corrected chi connectivity index (χ1v) is 16.1. The Morgan fingerprint density at radius 2 is 1.62 bits per heavy atom. The summed E-state index contributed by atoms with van der Waals surface area (Å²) < 4.78 is 7.61. The van der Waals surface area contributed by atoms with E-state index in [9.17, 15) is 39.0 Å². The smallest absolute Gasteiger partial charge is 0.407 e. The summed E-state index contributed by atoms with van der Waals surface area (Å²) in [6.45, 7) is 3.91. The lowest BCUT2D eigenvalue weighted by Crippen LogP contribution is -2.55. The molecule has 16 nitrogen and oxygen atoms in total. The topological polar surface area (TPSA) is 204 Å². The molecule has 0 spiro atoms. The lowest BCUT2D eigenvalue weighted by molar-refractivity contribution is -0.150. The van der Waals surface area contributed by atoms with Crippen LogP contribution in [0.25, 0.3) is 5.69 Å². The molecule has 3 aliphatic rings. The first-order valence-electron chi connectivity index (χ1n) is 16.1. The summed E-state index contributed by atoms with van der Waals surface area (Å²) >= 11 is 0. The second kappa shape index (κ2) is 14.3. The van der Waals surface area contributed by atoms with Gasteiger partial charge >= 0.3 is 12.1 Å². The molecule has 3 fully saturated rings. The van der Waals surface area contributed by atoms with E-state index in [2.05, 4.69) is 15.7 Å². The molecule has 3 heterocycles. The molecule has 2 aromatic rings. The minimum absolute atomic E-state index is 0.0566. The van der Waals surface area contributed by atoms with E-state index in [1.165, 1.54) is 25.4 Å². The van der Waals surface area contributed by atoms with Crippen molar-refractivity contribution in [3.63, 3.8) is 0 Å². The Labute approximate surface area is 277 Å². The number of hydrogen-bond acceptors (Lipinski definition) is 8. The van der Waals surface area contributed by atoms with Crippen molar-refractivity contribution >= 4 is 35.7 Å². The lowest BCUT2D eigenvalue weighted by Gasteiger charge is -2.35. The van der Waals surface area contributed by atoms with E-state index in [1.54, 1.807) is 44.2 Å². The number of para-hydroxylation sites is 1. The maximum absolute atomic E-state index is 13.8. The molecule has 1 aromatic carbocycles. The summed E-state index contributed by atoms with van der Waals surface area (Å²) in [6.07, 6.45) is 1.38. The van der Waals surface area contributed by atoms with E-state index in [0.717, 1.165) is 12.8 Å². The predicted molar refractivity (Wildman–Crippen MR) is 168 cm³/mol. The normalized spacial score (nSPS) is 18.6. The van der Waals surface area contributed by atoms with Crippen LogP contribution in [0.4, 0.5) is 4.79 Å². The number of carbonyl (C=O) groups is 6. The van der Waals surface area contributed by atoms with Gasteiger partial charge in [0.05, 0.1) is 5.69 Å². The monoisotopic (exact) mass is 667 g/mol. The van der Waals surface area contributed by atoms with Gasteiger partial charge in [-0.3, -0.25) is 24.0 Å². The standard InChI is InChI=1S/C32H41N7O9/c1-32(2,30(45)38-14-6-9-24(38)28(43)33-20-10-11-20)48-25-19-23(35-39(25)21-7-4-3-5-8-21)27(42)34-22(12-13-26(40)41)29(44)36-15-17-37(18-16-36)31(46)47/h3-5,7-8,19-20,22,24H,6,9-18H2,1-2H3,(H,33,43)(H,34,42)(H,40,41)(H,46,47)/t22-,24-/m0/s1. The number of benzene rings is 1. The van der Waals surface area contributed by atoms with Gasteiger partial charge in [-0.2, -0.15) is 5.10 Å². The van der Waals surface area contributed by atoms with E-state index in [-0.39, 0.29) is 56.1 Å². The Morgan fingerprint density at radius 3 is 2.25 bits per heavy atom. The van der Waals surface area contributed by atoms with Gasteiger partial charge in [0.1, 0.15) is 12.1 Å². The van der Waals surface area contributed by atoms with Crippen molar-refractivity contribution in [3.05, 3.63) is 42.1 Å². The van der Waals surface area contributed by atoms with Crippen LogP contribution in [-0.2, 0) is 19.2 Å². The molecule has 0 radical (unpaired) electrons. The number of aliphatic carboxylic acids is 1. The molecule has 5 amide bonds. The minimum Gasteiger partial charge on any atom is -0.481 e. The number of amides is 5. The minimum atomic E-state index is -1.47. The van der Waals surface area contributed by atoms with Crippen LogP contribution >= 0.6 is 0 Å². The van der Waals surface area contributed by atoms with Gasteiger partial charge in [0.15, 0.2) is 11.3 Å². The summed E-state index contributed by atoms with van der Waals surface area (Å²) in [5, 5.41) is 28.5. The number of nitrogens with zero attached hydrogens (tertiary/aromatic N) is 5. The average Bonchev–Trinajstić information content (AvgIpc) is 3.56. The molecule has 5 rings (SSSR count). The average molecular weight is 668 g/mol. The van der Waals surface area contributed by atoms with Crippen LogP contribution in [0.15, 0.2) is 36.4 Å². The van der Waals surface area contributed by atoms with Crippen molar-refractivity contribution in [1.82, 2.24) is 35.1 Å². The third kappa shape index (κ3) is 8.04. The number of carboxylic acid groups (broad SMARTS) is 2. The Balaban J connectivity index is 1.35. The number of ether oxygens (including phenoxy) is 1. The van der Waals surface area contributed by atoms with Crippen molar-refractivity contribution in [1.29, 1.82) is 0 Å². The molecule has 1 saturated carbocycles. The fourth-order valence-electron chi connectivity index (χ4n) is 5.86. The maximum Gasteiger partial charge on any atom is 0.407 e. The summed E-state index contributed by atoms with van der Waals surface area (Å²) in [5.41, 5.74) is -1.10. The predicted octanol–water partition coefficient (Wildman–Crippen LogP) is 1.08. The molecule has 1 aromatic heterocycles. The van der Waals surface area contributed by atoms with Crippen LogP contribution in [0.3, 0.4) is 0 Å². The number of aromatic nitrogens is 2. The third-order valence-electron chi connectivity index (χ3n) is 8.64. The largest absolute Gasteiger partial charge is 0.481 e. The van der Waals surface area contributed by atoms with Crippen molar-refractivity contribution < 1.29 is 43.7 Å². The highest BCUT2D eigenvalue weighted by atomic mass is 16.5. The summed E-state index contributed by atoms with van der Waals surface area (Å²) in [7, 11) is 0. The SMILES string of the molecule is CC(C)(Oc1cc(C(=O)N[C@@H](CCC(=O)O)C(=O)N2CCN(C(=O)O)CC2)nn1-c1ccccc1)C(=O)N1CCC[C@H]1C(=O)NC1CC1. The fraction of sp³-hybridized carbons (Fsp3) is 0.531. The molecule has 0 bridgehead atoms. The molecule has 1 aliphatic carbocycles. The van der Waals surface area contributed by atoms with Crippen molar-refractivity contribution in [2.24, 2.45) is 0 Å². The number of hydrogen-bond donors (Lipinski definition) is 4. The highest BCUT2D eigenvalue weighted by Gasteiger charge is 2.43. The fourth-order valence-corrected chi connectivity index (χ4v) is 5.86. The van der Waals surface area contributed by atoms with E-state index < -0.39 is 53.9 Å². The van der Waals surface area contributed by atoms with Gasteiger partial charge in [0, 0.05) is 51.3 Å². The number of rotatable bonds is 12. The summed E-state index contributed by atoms with van der Waals surface area (Å²) in [6, 6.07) is 8.44. The number of nitrogens with one attached hydrogen (secondary N) is 2. The van der Waals surface area contributed by atoms with Gasteiger partial charge in [-0.25, -0.2) is 9.48 Å². The molecular formula is C32H41N7O9. The Morgan fingerprint density at radius 1 is 0.958 bits per heavy atom. The van der Waals surface area contributed by atoms with Gasteiger partial charge in [-0.05, 0) is 58.1 Å². The highest BCUT2D eigenvalue weighted by Crippen LogP contribution is 2.29. The molecular weight excluding hydrogens is 626 g/mol. The molecule has 16 heteroatoms. The summed E-state index contributed by atoms with van der Waals surface area (Å²) in [4.78, 5) is 80.5.